The topological polar surface area (TPSA) is 512 Å². The summed E-state index contributed by atoms with van der Waals surface area (Å²) in [6.45, 7) is 11.0. The van der Waals surface area contributed by atoms with Gasteiger partial charge in [0.25, 0.3) is 0 Å². The van der Waals surface area contributed by atoms with Gasteiger partial charge < -0.3 is 0 Å². The number of hydrogen-bond donors (Lipinski definition) is 0. The first kappa shape index (κ1) is 95.2. The summed E-state index contributed by atoms with van der Waals surface area (Å²) >= 11 is 0. The molecule has 0 radical (unpaired) electrons. The third-order valence-corrected chi connectivity index (χ3v) is 55.0. The zero-order valence-corrected chi connectivity index (χ0v) is 70.7. The van der Waals surface area contributed by atoms with Gasteiger partial charge in [0.15, 0.2) is 0 Å². The van der Waals surface area contributed by atoms with Crippen LogP contribution in [0.1, 0.15) is 117 Å². The van der Waals surface area contributed by atoms with Crippen molar-refractivity contribution >= 4 is 148 Å². The van der Waals surface area contributed by atoms with Crippen molar-refractivity contribution in [1.82, 2.24) is 0 Å². The van der Waals surface area contributed by atoms with E-state index < -0.39 is 207 Å². The molecule has 0 saturated heterocycles. The fourth-order valence-electron chi connectivity index (χ4n) is 9.58. The fourth-order valence-corrected chi connectivity index (χ4v) is 47.1. The summed E-state index contributed by atoms with van der Waals surface area (Å²) in [5, 5.41) is -1.78. The van der Waals surface area contributed by atoms with E-state index in [1.807, 2.05) is 0 Å². The van der Waals surface area contributed by atoms with Crippen molar-refractivity contribution in [3.05, 3.63) is 140 Å². The summed E-state index contributed by atoms with van der Waals surface area (Å²) < 4.78 is 353. The molecule has 0 amide bonds. The molecule has 2 saturated carbocycles. The minimum Gasteiger partial charge on any atom is -0.260 e. The quantitative estimate of drug-likeness (QED) is 0.0999. The Hall–Kier alpha value is -3.87. The van der Waals surface area contributed by atoms with E-state index in [0.29, 0.717) is 95.2 Å². The zero-order valence-electron chi connectivity index (χ0n) is 58.5. The Morgan fingerprint density at radius 2 is 0.447 bits per heavy atom. The highest BCUT2D eigenvalue weighted by molar-refractivity contribution is 8.31. The van der Waals surface area contributed by atoms with Gasteiger partial charge in [0.05, 0.1) is 155 Å². The molecule has 2 fully saturated rings. The predicted molar refractivity (Wildman–Crippen MR) is 393 cm³/mol. The van der Waals surface area contributed by atoms with Crippen molar-refractivity contribution in [1.29, 1.82) is 0 Å². The van der Waals surface area contributed by atoms with Crippen LogP contribution >= 0.6 is 0 Å². The molecular formula is C58H85O30S15-5. The highest BCUT2D eigenvalue weighted by atomic mass is 32.3. The van der Waals surface area contributed by atoms with Gasteiger partial charge in [-0.2, -0.15) is 0 Å². The Bertz CT molecular complexity index is 5180. The Kier molecular flexibility index (Phi) is 31.4. The van der Waals surface area contributed by atoms with E-state index in [9.17, 15) is 126 Å². The molecule has 0 atom stereocenters. The Balaban J connectivity index is 0.000000444. The second-order valence-corrected chi connectivity index (χ2v) is 60.5. The van der Waals surface area contributed by atoms with Crippen LogP contribution in [0.5, 0.6) is 0 Å². The summed E-state index contributed by atoms with van der Waals surface area (Å²) in [6.07, 6.45) is 9.89. The van der Waals surface area contributed by atoms with Crippen molar-refractivity contribution in [2.24, 2.45) is 0 Å². The number of hydrogen-bond acceptors (Lipinski definition) is 30. The molecule has 0 unspecified atom stereocenters. The lowest BCUT2D eigenvalue weighted by Crippen LogP contribution is -2.45. The van der Waals surface area contributed by atoms with Gasteiger partial charge in [-0.25, -0.2) is 0 Å². The van der Waals surface area contributed by atoms with Crippen molar-refractivity contribution in [3.63, 3.8) is 0 Å². The molecule has 4 aromatic rings. The molecule has 45 heteroatoms. The van der Waals surface area contributed by atoms with Gasteiger partial charge in [-0.3, -0.25) is 126 Å². The number of aryl methyl sites for hydroxylation is 2. The van der Waals surface area contributed by atoms with Crippen LogP contribution in [0.15, 0.2) is 129 Å². The van der Waals surface area contributed by atoms with Gasteiger partial charge in [0.2, 0.25) is 0 Å². The Morgan fingerprint density at radius 1 is 0.252 bits per heavy atom. The van der Waals surface area contributed by atoms with E-state index in [4.69, 9.17) is 0 Å². The Morgan fingerprint density at radius 3 is 0.621 bits per heavy atom. The van der Waals surface area contributed by atoms with Crippen LogP contribution in [0.25, 0.3) is 0 Å². The molecule has 30 nitrogen and oxygen atoms in total. The van der Waals surface area contributed by atoms with E-state index in [1.165, 1.54) is 126 Å². The lowest BCUT2D eigenvalue weighted by atomic mass is 10.0. The SMILES string of the molecule is CC(C)(C)S(=O)(=O)[C-](S(C)(=O)=O)S(=O)(=O)C(C)(C)C.CS(=O)(=O)[C-](S(=O)(=O)C1CCCCC1)S(=O)(=O)C1CCCCC1.CS(=O)(=O)[C-](S(=O)(=O)c1ccccc1)S(=O)(=O)c1ccccc1.CS(=O)(=O)[C-](S(C)(=O)=O)S(C)(=O)=O.Cc1ccc(S(=O)(=O)[C-](S(C)(=O)=O)S(=O)(=O)c2ccc(C)cc2)cc1. The van der Waals surface area contributed by atoms with Gasteiger partial charge >= 0.3 is 0 Å². The molecule has 2 aliphatic rings. The average Bonchev–Trinajstić information content (AvgIpc) is 0.758. The van der Waals surface area contributed by atoms with Crippen molar-refractivity contribution in [2.45, 2.75) is 159 Å². The van der Waals surface area contributed by atoms with Crippen molar-refractivity contribution < 1.29 is 126 Å². The van der Waals surface area contributed by atoms with Crippen LogP contribution < -0.4 is 0 Å². The first-order valence-electron chi connectivity index (χ1n) is 29.7. The highest BCUT2D eigenvalue weighted by Crippen LogP contribution is 2.42. The molecular weight excluding hydrogens is 1660 g/mol. The maximum absolute atomic E-state index is 12.8. The van der Waals surface area contributed by atoms with E-state index in [0.717, 1.165) is 48.2 Å². The van der Waals surface area contributed by atoms with Crippen LogP contribution in [-0.2, 0) is 148 Å². The molecule has 0 heterocycles. The summed E-state index contributed by atoms with van der Waals surface area (Å²) in [4.78, 5) is -1.59. The summed E-state index contributed by atoms with van der Waals surface area (Å²) in [5.41, 5.74) is 1.50. The average molecular weight is 1740 g/mol. The van der Waals surface area contributed by atoms with E-state index in [-0.39, 0.29) is 0 Å². The summed E-state index contributed by atoms with van der Waals surface area (Å²) in [6, 6.07) is 23.7. The summed E-state index contributed by atoms with van der Waals surface area (Å²) in [5.74, 6) is 0. The van der Waals surface area contributed by atoms with Crippen LogP contribution in [0, 0.1) is 33.4 Å². The lowest BCUT2D eigenvalue weighted by molar-refractivity contribution is 0.480. The van der Waals surface area contributed by atoms with Crippen LogP contribution in [0.3, 0.4) is 0 Å². The predicted octanol–water partition coefficient (Wildman–Crippen LogP) is 4.91. The van der Waals surface area contributed by atoms with Crippen LogP contribution in [0.2, 0.25) is 0 Å². The second-order valence-electron chi connectivity index (χ2n) is 25.8. The molecule has 0 N–H and O–H groups in total. The fraction of sp³-hybridized carbons (Fsp3) is 0.500. The lowest BCUT2D eigenvalue weighted by Gasteiger charge is -2.39. The first-order chi connectivity index (χ1) is 45.7. The molecule has 0 aliphatic heterocycles. The van der Waals surface area contributed by atoms with Gasteiger partial charge in [0.1, 0.15) is 0 Å². The van der Waals surface area contributed by atoms with Gasteiger partial charge in [-0.15, -0.1) is 0 Å². The molecule has 2 aliphatic carbocycles. The van der Waals surface area contributed by atoms with Gasteiger partial charge in [-0.05, 0) is 130 Å². The Labute approximate surface area is 610 Å². The third-order valence-electron chi connectivity index (χ3n) is 14.3. The van der Waals surface area contributed by atoms with Crippen LogP contribution in [-0.4, -0.2) is 190 Å². The minimum atomic E-state index is -4.75. The third kappa shape index (κ3) is 24.6. The van der Waals surface area contributed by atoms with E-state index >= 15 is 0 Å². The zero-order chi connectivity index (χ0) is 80.8. The molecule has 0 bridgehead atoms. The van der Waals surface area contributed by atoms with Gasteiger partial charge in [0, 0.05) is 95.1 Å². The maximum atomic E-state index is 12.8. The maximum Gasteiger partial charge on any atom is 0.0828 e. The van der Waals surface area contributed by atoms with Crippen molar-refractivity contribution in [3.8, 4) is 0 Å². The molecule has 0 aromatic heterocycles. The molecule has 4 aromatic carbocycles. The second kappa shape index (κ2) is 34.0. The minimum absolute atomic E-state index is 0.335. The van der Waals surface area contributed by atoms with E-state index in [1.54, 1.807) is 13.8 Å². The number of rotatable bonds is 21. The molecule has 0 spiro atoms. The highest BCUT2D eigenvalue weighted by Gasteiger charge is 2.45. The standard InChI is InChI=1S/C16H17O6S3.C14H25O6S3.C14H13O6S3.C10H21O6S3.C4H9O6S3/c1-12-4-8-14(9-5-12)24(19,20)16(23(3,17)18)25(21,22)15-10-6-13(2)7-11-15;2*1-21(15,16)14(22(17,18)12-8-4-2-5-9-12)23(19,20)13-10-6-3-7-11-13;1-9(2,3)18(13,14)8(17(7,11)12)19(15,16)10(4,5)6;1-11(5,6)4(12(2,7)8)13(3,9)10/h4-11H,1-3H3;12-13H,2-11H2,1H3;2-11H,1H3;1-7H3;1-3H3/q5*-1. The molecule has 6 rings (SSSR count). The molecule has 103 heavy (non-hydrogen) atoms. The first-order valence-corrected chi connectivity index (χ1v) is 54.9. The van der Waals surface area contributed by atoms with Crippen molar-refractivity contribution in [2.75, 3.05) is 43.8 Å². The largest absolute Gasteiger partial charge is 0.260 e. The smallest absolute Gasteiger partial charge is 0.0828 e. The number of benzene rings is 4. The van der Waals surface area contributed by atoms with Crippen LogP contribution in [0.4, 0.5) is 0 Å². The summed E-state index contributed by atoms with van der Waals surface area (Å²) in [7, 11) is -67.2. The molecule has 592 valence electrons. The normalized spacial score (nSPS) is 16.1. The number of sulfone groups is 15. The van der Waals surface area contributed by atoms with Gasteiger partial charge in [-0.1, -0.05) is 110 Å². The van der Waals surface area contributed by atoms with E-state index in [2.05, 4.69) is 0 Å². The monoisotopic (exact) mass is 1740 g/mol.